The van der Waals surface area contributed by atoms with Crippen LogP contribution in [-0.2, 0) is 0 Å². The third-order valence-electron chi connectivity index (χ3n) is 3.31. The molecule has 3 nitrogen and oxygen atoms in total. The van der Waals surface area contributed by atoms with Crippen LogP contribution in [-0.4, -0.2) is 19.8 Å². The summed E-state index contributed by atoms with van der Waals surface area (Å²) in [5, 5.41) is 1.17. The third-order valence-corrected chi connectivity index (χ3v) is 4.15. The van der Waals surface area contributed by atoms with E-state index in [-0.39, 0.29) is 11.1 Å². The Kier molecular flexibility index (Phi) is 8.73. The van der Waals surface area contributed by atoms with Gasteiger partial charge in [-0.05, 0) is 48.9 Å². The van der Waals surface area contributed by atoms with E-state index in [1.165, 1.54) is 0 Å². The van der Waals surface area contributed by atoms with Gasteiger partial charge in [-0.25, -0.2) is 0 Å². The number of rotatable bonds is 9. The van der Waals surface area contributed by atoms with Gasteiger partial charge in [0.15, 0.2) is 0 Å². The van der Waals surface area contributed by atoms with Crippen LogP contribution in [0.4, 0.5) is 0 Å². The molecule has 0 saturated heterocycles. The van der Waals surface area contributed by atoms with E-state index in [2.05, 4.69) is 0 Å². The zero-order valence-electron chi connectivity index (χ0n) is 14.1. The van der Waals surface area contributed by atoms with Crippen LogP contribution in [0.1, 0.15) is 12.0 Å². The maximum absolute atomic E-state index is 6.28. The van der Waals surface area contributed by atoms with E-state index >= 15 is 0 Å². The quantitative estimate of drug-likeness (QED) is 0.403. The summed E-state index contributed by atoms with van der Waals surface area (Å²) in [5.74, 6) is 2.03. The van der Waals surface area contributed by atoms with Crippen LogP contribution >= 0.6 is 46.4 Å². The Hall–Kier alpha value is -1.26. The highest BCUT2D eigenvalue weighted by Crippen LogP contribution is 2.33. The molecule has 140 valence electrons. The number of aryl methyl sites for hydroxylation is 1. The fraction of sp³-hybridized carbons (Fsp3) is 0.263. The summed E-state index contributed by atoms with van der Waals surface area (Å²) >= 11 is 23.2. The summed E-state index contributed by atoms with van der Waals surface area (Å²) in [7, 11) is 0. The molecule has 0 atom stereocenters. The molecule has 0 radical (unpaired) electrons. The van der Waals surface area contributed by atoms with Crippen molar-refractivity contribution in [1.29, 1.82) is 0 Å². The fourth-order valence-electron chi connectivity index (χ4n) is 2.12. The molecule has 0 bridgehead atoms. The van der Waals surface area contributed by atoms with Crippen LogP contribution in [0.15, 0.2) is 47.0 Å². The first-order valence-corrected chi connectivity index (χ1v) is 9.42. The Morgan fingerprint density at radius 2 is 1.62 bits per heavy atom. The standard InChI is InChI=1S/C19H18Cl4O3/c1-13-11-16(25-10-7-18(22)23)12-17(21)19(13)26-9-2-8-24-15-5-3-14(20)4-6-15/h3-7,11-12H,2,8-10H2,1H3. The maximum Gasteiger partial charge on any atom is 0.141 e. The molecular formula is C19H18Cl4O3. The lowest BCUT2D eigenvalue weighted by atomic mass is 10.2. The van der Waals surface area contributed by atoms with Crippen molar-refractivity contribution in [2.75, 3.05) is 19.8 Å². The summed E-state index contributed by atoms with van der Waals surface area (Å²) in [6.45, 7) is 3.19. The number of ether oxygens (including phenoxy) is 3. The zero-order valence-corrected chi connectivity index (χ0v) is 17.1. The number of halogens is 4. The Balaban J connectivity index is 1.79. The van der Waals surface area contributed by atoms with Crippen molar-refractivity contribution >= 4 is 46.4 Å². The van der Waals surface area contributed by atoms with Gasteiger partial charge in [-0.3, -0.25) is 0 Å². The van der Waals surface area contributed by atoms with Gasteiger partial charge >= 0.3 is 0 Å². The number of hydrogen-bond acceptors (Lipinski definition) is 3. The average molecular weight is 436 g/mol. The lowest BCUT2D eigenvalue weighted by Crippen LogP contribution is -2.06. The van der Waals surface area contributed by atoms with Crippen molar-refractivity contribution in [3.8, 4) is 17.2 Å². The molecule has 0 unspecified atom stereocenters. The zero-order chi connectivity index (χ0) is 18.9. The van der Waals surface area contributed by atoms with Crippen molar-refractivity contribution < 1.29 is 14.2 Å². The van der Waals surface area contributed by atoms with Crippen molar-refractivity contribution in [2.45, 2.75) is 13.3 Å². The van der Waals surface area contributed by atoms with Crippen LogP contribution in [0.25, 0.3) is 0 Å². The summed E-state index contributed by atoms with van der Waals surface area (Å²) in [5.41, 5.74) is 0.882. The Bertz CT molecular complexity index is 718. The SMILES string of the molecule is Cc1cc(OCC=C(Cl)Cl)cc(Cl)c1OCCCOc1ccc(Cl)cc1. The summed E-state index contributed by atoms with van der Waals surface area (Å²) in [6.07, 6.45) is 2.27. The van der Waals surface area contributed by atoms with E-state index in [0.29, 0.717) is 34.8 Å². The van der Waals surface area contributed by atoms with Crippen LogP contribution in [0, 0.1) is 6.92 Å². The number of hydrogen-bond donors (Lipinski definition) is 0. The van der Waals surface area contributed by atoms with Gasteiger partial charge < -0.3 is 14.2 Å². The van der Waals surface area contributed by atoms with Gasteiger partial charge in [0.1, 0.15) is 28.3 Å². The fourth-order valence-corrected chi connectivity index (χ4v) is 2.68. The molecule has 2 aromatic rings. The first kappa shape index (κ1) is 21.0. The first-order chi connectivity index (χ1) is 12.5. The minimum Gasteiger partial charge on any atom is -0.493 e. The highest BCUT2D eigenvalue weighted by atomic mass is 35.5. The molecule has 0 aliphatic carbocycles. The summed E-state index contributed by atoms with van der Waals surface area (Å²) < 4.78 is 17.1. The Labute approximate surface area is 173 Å². The maximum atomic E-state index is 6.28. The number of benzene rings is 2. The molecular weight excluding hydrogens is 418 g/mol. The van der Waals surface area contributed by atoms with E-state index in [9.17, 15) is 0 Å². The normalized spacial score (nSPS) is 10.3. The van der Waals surface area contributed by atoms with Gasteiger partial charge in [-0.1, -0.05) is 46.4 Å². The smallest absolute Gasteiger partial charge is 0.141 e. The Morgan fingerprint density at radius 1 is 0.923 bits per heavy atom. The molecule has 2 aromatic carbocycles. The van der Waals surface area contributed by atoms with Crippen LogP contribution in [0.2, 0.25) is 10.0 Å². The van der Waals surface area contributed by atoms with Gasteiger partial charge in [0.05, 0.1) is 18.2 Å². The van der Waals surface area contributed by atoms with Gasteiger partial charge in [-0.2, -0.15) is 0 Å². The van der Waals surface area contributed by atoms with Crippen LogP contribution in [0.3, 0.4) is 0 Å². The van der Waals surface area contributed by atoms with Gasteiger partial charge in [0, 0.05) is 17.5 Å². The van der Waals surface area contributed by atoms with E-state index in [1.807, 2.05) is 25.1 Å². The molecule has 2 rings (SSSR count). The summed E-state index contributed by atoms with van der Waals surface area (Å²) in [4.78, 5) is 0. The Morgan fingerprint density at radius 3 is 2.27 bits per heavy atom. The van der Waals surface area contributed by atoms with E-state index in [0.717, 1.165) is 17.7 Å². The van der Waals surface area contributed by atoms with Crippen molar-refractivity contribution in [1.82, 2.24) is 0 Å². The predicted octanol–water partition coefficient (Wildman–Crippen LogP) is 6.85. The van der Waals surface area contributed by atoms with E-state index in [4.69, 9.17) is 60.6 Å². The van der Waals surface area contributed by atoms with E-state index < -0.39 is 0 Å². The van der Waals surface area contributed by atoms with Crippen molar-refractivity contribution in [3.05, 3.63) is 62.6 Å². The molecule has 0 aliphatic heterocycles. The lowest BCUT2D eigenvalue weighted by Gasteiger charge is -2.13. The molecule has 7 heteroatoms. The van der Waals surface area contributed by atoms with Gasteiger partial charge in [0.2, 0.25) is 0 Å². The van der Waals surface area contributed by atoms with E-state index in [1.54, 1.807) is 24.3 Å². The van der Waals surface area contributed by atoms with Crippen LogP contribution < -0.4 is 14.2 Å². The topological polar surface area (TPSA) is 27.7 Å². The summed E-state index contributed by atoms with van der Waals surface area (Å²) in [6, 6.07) is 10.8. The molecule has 0 N–H and O–H groups in total. The minimum atomic E-state index is 0.161. The van der Waals surface area contributed by atoms with Crippen molar-refractivity contribution in [2.24, 2.45) is 0 Å². The van der Waals surface area contributed by atoms with Gasteiger partial charge in [0.25, 0.3) is 0 Å². The second kappa shape index (κ2) is 10.8. The van der Waals surface area contributed by atoms with Gasteiger partial charge in [-0.15, -0.1) is 0 Å². The molecule has 26 heavy (non-hydrogen) atoms. The minimum absolute atomic E-state index is 0.161. The highest BCUT2D eigenvalue weighted by molar-refractivity contribution is 6.55. The molecule has 0 amide bonds. The molecule has 0 heterocycles. The average Bonchev–Trinajstić information content (AvgIpc) is 2.58. The lowest BCUT2D eigenvalue weighted by molar-refractivity contribution is 0.246. The second-order valence-electron chi connectivity index (χ2n) is 5.36. The highest BCUT2D eigenvalue weighted by Gasteiger charge is 2.09. The molecule has 0 aromatic heterocycles. The first-order valence-electron chi connectivity index (χ1n) is 7.91. The van der Waals surface area contributed by atoms with Crippen molar-refractivity contribution in [3.63, 3.8) is 0 Å². The van der Waals surface area contributed by atoms with Crippen LogP contribution in [0.5, 0.6) is 17.2 Å². The largest absolute Gasteiger partial charge is 0.493 e. The predicted molar refractivity (Wildman–Crippen MR) is 109 cm³/mol. The second-order valence-corrected chi connectivity index (χ2v) is 7.21. The molecule has 0 fully saturated rings. The monoisotopic (exact) mass is 434 g/mol. The molecule has 0 saturated carbocycles. The molecule has 0 spiro atoms. The molecule has 0 aliphatic rings. The third kappa shape index (κ3) is 7.16.